The fraction of sp³-hybridized carbons (Fsp3) is 1.00. The van der Waals surface area contributed by atoms with Crippen LogP contribution in [0.2, 0.25) is 0 Å². The molecule has 0 aromatic heterocycles. The Morgan fingerprint density at radius 2 is 2.00 bits per heavy atom. The minimum Gasteiger partial charge on any atom is -0.307 e. The van der Waals surface area contributed by atoms with Gasteiger partial charge in [0.2, 0.25) is 0 Å². The molecule has 0 unspecified atom stereocenters. The molecule has 0 radical (unpaired) electrons. The van der Waals surface area contributed by atoms with Gasteiger partial charge in [0.1, 0.15) is 0 Å². The molecule has 0 aliphatic carbocycles. The van der Waals surface area contributed by atoms with Crippen molar-refractivity contribution in [2.75, 3.05) is 40.3 Å². The fourth-order valence-corrected chi connectivity index (χ4v) is 2.03. The molecular weight excluding hydrogens is 148 g/mol. The maximum absolute atomic E-state index is 2.40. The summed E-state index contributed by atoms with van der Waals surface area (Å²) in [6.07, 6.45) is 1.35. The fourth-order valence-electron chi connectivity index (χ4n) is 2.03. The van der Waals surface area contributed by atoms with Gasteiger partial charge in [-0.25, -0.2) is 0 Å². The van der Waals surface area contributed by atoms with E-state index in [4.69, 9.17) is 0 Å². The van der Waals surface area contributed by atoms with E-state index in [2.05, 4.69) is 37.7 Å². The average Bonchev–Trinajstić information content (AvgIpc) is 1.98. The standard InChI is InChI=1S/C10H22N2/c1-5-11(3)7-6-10(2)8-12(4)9-10/h5-9H2,1-4H3. The molecule has 0 atom stereocenters. The molecular formula is C10H22N2. The first-order chi connectivity index (χ1) is 5.56. The van der Waals surface area contributed by atoms with Crippen molar-refractivity contribution < 1.29 is 0 Å². The third-order valence-electron chi connectivity index (χ3n) is 2.94. The van der Waals surface area contributed by atoms with Gasteiger partial charge in [-0.15, -0.1) is 0 Å². The van der Waals surface area contributed by atoms with Gasteiger partial charge in [-0.1, -0.05) is 13.8 Å². The van der Waals surface area contributed by atoms with E-state index in [0.29, 0.717) is 5.41 Å². The van der Waals surface area contributed by atoms with E-state index in [1.165, 1.54) is 32.6 Å². The largest absolute Gasteiger partial charge is 0.307 e. The lowest BCUT2D eigenvalue weighted by Crippen LogP contribution is -2.53. The van der Waals surface area contributed by atoms with Crippen LogP contribution in [0, 0.1) is 5.41 Å². The van der Waals surface area contributed by atoms with E-state index in [-0.39, 0.29) is 0 Å². The second kappa shape index (κ2) is 3.75. The average molecular weight is 170 g/mol. The number of nitrogens with zero attached hydrogens (tertiary/aromatic N) is 2. The van der Waals surface area contributed by atoms with Crippen molar-refractivity contribution in [1.29, 1.82) is 0 Å². The van der Waals surface area contributed by atoms with Crippen LogP contribution in [0.1, 0.15) is 20.3 Å². The van der Waals surface area contributed by atoms with Gasteiger partial charge < -0.3 is 9.80 Å². The van der Waals surface area contributed by atoms with Crippen LogP contribution in [0.5, 0.6) is 0 Å². The highest BCUT2D eigenvalue weighted by Gasteiger charge is 2.35. The highest BCUT2D eigenvalue weighted by Crippen LogP contribution is 2.31. The topological polar surface area (TPSA) is 6.48 Å². The predicted octanol–water partition coefficient (Wildman–Crippen LogP) is 1.28. The zero-order chi connectivity index (χ0) is 9.19. The van der Waals surface area contributed by atoms with Crippen molar-refractivity contribution in [1.82, 2.24) is 9.80 Å². The second-order valence-electron chi connectivity index (χ2n) is 4.63. The number of hydrogen-bond acceptors (Lipinski definition) is 2. The summed E-state index contributed by atoms with van der Waals surface area (Å²) in [5, 5.41) is 0. The Morgan fingerprint density at radius 1 is 1.42 bits per heavy atom. The quantitative estimate of drug-likeness (QED) is 0.627. The van der Waals surface area contributed by atoms with E-state index in [1.807, 2.05) is 0 Å². The SMILES string of the molecule is CCN(C)CCC1(C)CN(C)C1. The predicted molar refractivity (Wildman–Crippen MR) is 53.4 cm³/mol. The molecule has 0 aromatic rings. The van der Waals surface area contributed by atoms with Crippen LogP contribution in [0.25, 0.3) is 0 Å². The summed E-state index contributed by atoms with van der Waals surface area (Å²) in [5.74, 6) is 0. The van der Waals surface area contributed by atoms with Crippen LogP contribution >= 0.6 is 0 Å². The molecule has 1 aliphatic heterocycles. The Balaban J connectivity index is 2.15. The molecule has 0 spiro atoms. The summed E-state index contributed by atoms with van der Waals surface area (Å²) in [6.45, 7) is 9.60. The van der Waals surface area contributed by atoms with Gasteiger partial charge in [0.15, 0.2) is 0 Å². The maximum Gasteiger partial charge on any atom is 0.00452 e. The van der Waals surface area contributed by atoms with Gasteiger partial charge in [-0.05, 0) is 39.0 Å². The van der Waals surface area contributed by atoms with Gasteiger partial charge in [-0.3, -0.25) is 0 Å². The van der Waals surface area contributed by atoms with Crippen molar-refractivity contribution >= 4 is 0 Å². The van der Waals surface area contributed by atoms with Gasteiger partial charge >= 0.3 is 0 Å². The molecule has 0 aromatic carbocycles. The van der Waals surface area contributed by atoms with E-state index in [0.717, 1.165) is 0 Å². The monoisotopic (exact) mass is 170 g/mol. The van der Waals surface area contributed by atoms with E-state index >= 15 is 0 Å². The van der Waals surface area contributed by atoms with Crippen LogP contribution in [0.3, 0.4) is 0 Å². The second-order valence-corrected chi connectivity index (χ2v) is 4.63. The zero-order valence-electron chi connectivity index (χ0n) is 8.93. The van der Waals surface area contributed by atoms with Crippen molar-refractivity contribution in [3.05, 3.63) is 0 Å². The molecule has 0 saturated carbocycles. The maximum atomic E-state index is 2.40. The first-order valence-corrected chi connectivity index (χ1v) is 4.93. The Kier molecular flexibility index (Phi) is 3.13. The smallest absolute Gasteiger partial charge is 0.00452 e. The third-order valence-corrected chi connectivity index (χ3v) is 2.94. The molecule has 72 valence electrons. The molecule has 1 saturated heterocycles. The minimum atomic E-state index is 0.609. The van der Waals surface area contributed by atoms with Crippen LogP contribution in [-0.4, -0.2) is 50.1 Å². The lowest BCUT2D eigenvalue weighted by molar-refractivity contribution is 0.0249. The molecule has 2 nitrogen and oxygen atoms in total. The summed E-state index contributed by atoms with van der Waals surface area (Å²) in [7, 11) is 4.40. The molecule has 1 fully saturated rings. The molecule has 1 aliphatic rings. The Labute approximate surface area is 76.5 Å². The Hall–Kier alpha value is -0.0800. The molecule has 12 heavy (non-hydrogen) atoms. The molecule has 0 bridgehead atoms. The van der Waals surface area contributed by atoms with Crippen LogP contribution in [-0.2, 0) is 0 Å². The van der Waals surface area contributed by atoms with Gasteiger partial charge in [0, 0.05) is 13.1 Å². The minimum absolute atomic E-state index is 0.609. The zero-order valence-corrected chi connectivity index (χ0v) is 8.93. The van der Waals surface area contributed by atoms with Crippen LogP contribution in [0.15, 0.2) is 0 Å². The van der Waals surface area contributed by atoms with Crippen molar-refractivity contribution in [2.45, 2.75) is 20.3 Å². The molecule has 1 heterocycles. The molecule has 2 heteroatoms. The van der Waals surface area contributed by atoms with Gasteiger partial charge in [-0.2, -0.15) is 0 Å². The first kappa shape index (κ1) is 10.0. The summed E-state index contributed by atoms with van der Waals surface area (Å²) in [4.78, 5) is 4.79. The number of hydrogen-bond donors (Lipinski definition) is 0. The van der Waals surface area contributed by atoms with Gasteiger partial charge in [0.25, 0.3) is 0 Å². The first-order valence-electron chi connectivity index (χ1n) is 4.93. The van der Waals surface area contributed by atoms with Gasteiger partial charge in [0.05, 0.1) is 0 Å². The van der Waals surface area contributed by atoms with Crippen molar-refractivity contribution in [3.63, 3.8) is 0 Å². The van der Waals surface area contributed by atoms with E-state index in [9.17, 15) is 0 Å². The summed E-state index contributed by atoms with van der Waals surface area (Å²) in [5.41, 5.74) is 0.609. The highest BCUT2D eigenvalue weighted by molar-refractivity contribution is 4.89. The lowest BCUT2D eigenvalue weighted by Gasteiger charge is -2.47. The summed E-state index contributed by atoms with van der Waals surface area (Å²) < 4.78 is 0. The van der Waals surface area contributed by atoms with E-state index < -0.39 is 0 Å². The van der Waals surface area contributed by atoms with E-state index in [1.54, 1.807) is 0 Å². The third kappa shape index (κ3) is 2.46. The Bertz CT molecular complexity index is 139. The lowest BCUT2D eigenvalue weighted by atomic mass is 9.79. The van der Waals surface area contributed by atoms with Crippen LogP contribution in [0.4, 0.5) is 0 Å². The van der Waals surface area contributed by atoms with Crippen molar-refractivity contribution in [3.8, 4) is 0 Å². The van der Waals surface area contributed by atoms with Crippen LogP contribution < -0.4 is 0 Å². The molecule has 0 N–H and O–H groups in total. The Morgan fingerprint density at radius 3 is 2.42 bits per heavy atom. The molecule has 0 amide bonds. The normalized spacial score (nSPS) is 22.8. The molecule has 1 rings (SSSR count). The summed E-state index contributed by atoms with van der Waals surface area (Å²) >= 11 is 0. The highest BCUT2D eigenvalue weighted by atomic mass is 15.2. The number of likely N-dealkylation sites (tertiary alicyclic amines) is 1. The van der Waals surface area contributed by atoms with Crippen molar-refractivity contribution in [2.24, 2.45) is 5.41 Å². The number of rotatable bonds is 4. The summed E-state index contributed by atoms with van der Waals surface area (Å²) in [6, 6.07) is 0.